The molecule has 1 heterocycles. The van der Waals surface area contributed by atoms with Gasteiger partial charge in [-0.05, 0) is 48.5 Å². The van der Waals surface area contributed by atoms with E-state index in [1.54, 1.807) is 60.6 Å². The lowest BCUT2D eigenvalue weighted by atomic mass is 10.3. The molecule has 10 nitrogen and oxygen atoms in total. The first-order chi connectivity index (χ1) is 13.7. The van der Waals surface area contributed by atoms with Gasteiger partial charge in [0, 0.05) is 24.6 Å². The molecular formula is C18H18N6O4S. The Morgan fingerprint density at radius 2 is 1.86 bits per heavy atom. The number of nitrogens with zero attached hydrogens (tertiary/aromatic N) is 3. The Bertz CT molecular complexity index is 1140. The fourth-order valence-electron chi connectivity index (χ4n) is 2.46. The number of primary amides is 1. The number of primary sulfonamides is 1. The number of aromatic nitrogens is 2. The summed E-state index contributed by atoms with van der Waals surface area (Å²) in [5.41, 5.74) is 6.25. The second-order valence-corrected chi connectivity index (χ2v) is 7.47. The standard InChI is InChI=1S/C18H18N6O4S/c1-24(13-5-7-14(8-6-13)28-17(19)25)16-9-10-21-18(23-16)22-12-3-2-4-15(11-12)29(20,26)27/h2-11H,1H3,(H2,19,25)(H2,20,26,27)(H,21,22,23). The molecule has 3 aromatic rings. The van der Waals surface area contributed by atoms with Crippen LogP contribution in [0.25, 0.3) is 0 Å². The lowest BCUT2D eigenvalue weighted by molar-refractivity contribution is 0.211. The Kier molecular flexibility index (Phi) is 5.61. The van der Waals surface area contributed by atoms with Crippen LogP contribution in [0.3, 0.4) is 0 Å². The van der Waals surface area contributed by atoms with E-state index in [9.17, 15) is 13.2 Å². The van der Waals surface area contributed by atoms with Gasteiger partial charge >= 0.3 is 6.09 Å². The molecule has 0 unspecified atom stereocenters. The zero-order chi connectivity index (χ0) is 21.0. The third kappa shape index (κ3) is 5.18. The molecule has 0 atom stereocenters. The minimum Gasteiger partial charge on any atom is -0.411 e. The largest absolute Gasteiger partial charge is 0.411 e. The van der Waals surface area contributed by atoms with Crippen LogP contribution in [-0.4, -0.2) is 31.5 Å². The smallest absolute Gasteiger partial charge is 0.409 e. The number of nitrogens with one attached hydrogen (secondary N) is 1. The average Bonchev–Trinajstić information content (AvgIpc) is 2.67. The fraction of sp³-hybridized carbons (Fsp3) is 0.0556. The number of ether oxygens (including phenoxy) is 1. The molecule has 0 aliphatic heterocycles. The number of hydrogen-bond donors (Lipinski definition) is 3. The van der Waals surface area contributed by atoms with Crippen molar-refractivity contribution in [2.45, 2.75) is 4.90 Å². The average molecular weight is 414 g/mol. The van der Waals surface area contributed by atoms with Crippen molar-refractivity contribution in [3.63, 3.8) is 0 Å². The first-order valence-electron chi connectivity index (χ1n) is 8.26. The number of anilines is 4. The summed E-state index contributed by atoms with van der Waals surface area (Å²) in [6.07, 6.45) is 0.680. The predicted octanol–water partition coefficient (Wildman–Crippen LogP) is 2.09. The molecular weight excluding hydrogens is 396 g/mol. The summed E-state index contributed by atoms with van der Waals surface area (Å²) < 4.78 is 27.8. The Hall–Kier alpha value is -3.70. The van der Waals surface area contributed by atoms with Gasteiger partial charge in [0.25, 0.3) is 0 Å². The third-order valence-electron chi connectivity index (χ3n) is 3.85. The normalized spacial score (nSPS) is 11.0. The van der Waals surface area contributed by atoms with Gasteiger partial charge in [-0.15, -0.1) is 0 Å². The predicted molar refractivity (Wildman–Crippen MR) is 108 cm³/mol. The minimum atomic E-state index is -3.81. The molecule has 0 saturated carbocycles. The van der Waals surface area contributed by atoms with Crippen molar-refractivity contribution in [1.82, 2.24) is 9.97 Å². The molecule has 0 aliphatic rings. The van der Waals surface area contributed by atoms with Crippen molar-refractivity contribution in [2.24, 2.45) is 10.9 Å². The van der Waals surface area contributed by atoms with Crippen LogP contribution < -0.4 is 25.8 Å². The second-order valence-electron chi connectivity index (χ2n) is 5.91. The number of hydrogen-bond acceptors (Lipinski definition) is 8. The molecule has 0 saturated heterocycles. The van der Waals surface area contributed by atoms with Crippen molar-refractivity contribution >= 4 is 39.3 Å². The molecule has 0 spiro atoms. The van der Waals surface area contributed by atoms with Crippen molar-refractivity contribution < 1.29 is 17.9 Å². The van der Waals surface area contributed by atoms with E-state index in [0.29, 0.717) is 17.3 Å². The number of carbonyl (C=O) groups is 1. The Balaban J connectivity index is 1.79. The first kappa shape index (κ1) is 20.0. The van der Waals surface area contributed by atoms with Gasteiger partial charge in [-0.1, -0.05) is 6.07 Å². The molecule has 29 heavy (non-hydrogen) atoms. The summed E-state index contributed by atoms with van der Waals surface area (Å²) in [4.78, 5) is 21.1. The maximum Gasteiger partial charge on any atom is 0.409 e. The van der Waals surface area contributed by atoms with Crippen LogP contribution in [0.15, 0.2) is 65.7 Å². The molecule has 1 amide bonds. The molecule has 5 N–H and O–H groups in total. The van der Waals surface area contributed by atoms with Crippen LogP contribution in [-0.2, 0) is 10.0 Å². The summed E-state index contributed by atoms with van der Waals surface area (Å²) >= 11 is 0. The molecule has 150 valence electrons. The van der Waals surface area contributed by atoms with Gasteiger partial charge in [-0.3, -0.25) is 0 Å². The summed E-state index contributed by atoms with van der Waals surface area (Å²) in [5, 5.41) is 8.11. The number of rotatable bonds is 6. The number of carbonyl (C=O) groups excluding carboxylic acids is 1. The highest BCUT2D eigenvalue weighted by Crippen LogP contribution is 2.25. The zero-order valence-electron chi connectivity index (χ0n) is 15.3. The Morgan fingerprint density at radius 1 is 1.14 bits per heavy atom. The lowest BCUT2D eigenvalue weighted by Gasteiger charge is -2.19. The number of amides is 1. The molecule has 1 aromatic heterocycles. The SMILES string of the molecule is CN(c1ccc(OC(N)=O)cc1)c1ccnc(Nc2cccc(S(N)(=O)=O)c2)n1. The zero-order valence-corrected chi connectivity index (χ0v) is 16.1. The summed E-state index contributed by atoms with van der Waals surface area (Å²) in [5.74, 6) is 1.18. The van der Waals surface area contributed by atoms with E-state index in [0.717, 1.165) is 5.69 Å². The van der Waals surface area contributed by atoms with E-state index >= 15 is 0 Å². The molecule has 0 aliphatic carbocycles. The molecule has 0 bridgehead atoms. The van der Waals surface area contributed by atoms with E-state index in [-0.39, 0.29) is 10.8 Å². The van der Waals surface area contributed by atoms with Crippen LogP contribution >= 0.6 is 0 Å². The first-order valence-corrected chi connectivity index (χ1v) is 9.81. The van der Waals surface area contributed by atoms with E-state index in [2.05, 4.69) is 15.3 Å². The van der Waals surface area contributed by atoms with Crippen LogP contribution in [0.1, 0.15) is 0 Å². The van der Waals surface area contributed by atoms with Crippen molar-refractivity contribution in [1.29, 1.82) is 0 Å². The van der Waals surface area contributed by atoms with Gasteiger partial charge in [0.05, 0.1) is 4.90 Å². The molecule has 2 aromatic carbocycles. The highest BCUT2D eigenvalue weighted by molar-refractivity contribution is 7.89. The van der Waals surface area contributed by atoms with Crippen LogP contribution in [0.5, 0.6) is 5.75 Å². The van der Waals surface area contributed by atoms with Crippen molar-refractivity contribution in [3.8, 4) is 5.75 Å². The molecule has 0 fully saturated rings. The Morgan fingerprint density at radius 3 is 2.52 bits per heavy atom. The van der Waals surface area contributed by atoms with Gasteiger partial charge in [-0.25, -0.2) is 23.3 Å². The van der Waals surface area contributed by atoms with E-state index in [1.807, 2.05) is 0 Å². The highest BCUT2D eigenvalue weighted by atomic mass is 32.2. The molecule has 0 radical (unpaired) electrons. The highest BCUT2D eigenvalue weighted by Gasteiger charge is 2.11. The second kappa shape index (κ2) is 8.12. The van der Waals surface area contributed by atoms with Gasteiger partial charge < -0.3 is 20.7 Å². The monoisotopic (exact) mass is 414 g/mol. The van der Waals surface area contributed by atoms with Crippen LogP contribution in [0.2, 0.25) is 0 Å². The quantitative estimate of drug-likeness (QED) is 0.554. The van der Waals surface area contributed by atoms with E-state index in [4.69, 9.17) is 15.6 Å². The molecule has 3 rings (SSSR count). The van der Waals surface area contributed by atoms with Gasteiger partial charge in [0.1, 0.15) is 11.6 Å². The third-order valence-corrected chi connectivity index (χ3v) is 4.76. The number of sulfonamides is 1. The summed E-state index contributed by atoms with van der Waals surface area (Å²) in [7, 11) is -2.01. The van der Waals surface area contributed by atoms with E-state index in [1.165, 1.54) is 12.1 Å². The lowest BCUT2D eigenvalue weighted by Crippen LogP contribution is -2.16. The number of nitrogens with two attached hydrogens (primary N) is 2. The van der Waals surface area contributed by atoms with Gasteiger partial charge in [-0.2, -0.15) is 4.98 Å². The summed E-state index contributed by atoms with van der Waals surface area (Å²) in [6, 6.07) is 14.4. The van der Waals surface area contributed by atoms with Gasteiger partial charge in [0.15, 0.2) is 0 Å². The summed E-state index contributed by atoms with van der Waals surface area (Å²) in [6.45, 7) is 0. The molecule has 11 heteroatoms. The van der Waals surface area contributed by atoms with Gasteiger partial charge in [0.2, 0.25) is 16.0 Å². The minimum absolute atomic E-state index is 0.0194. The number of benzene rings is 2. The van der Waals surface area contributed by atoms with Crippen LogP contribution in [0, 0.1) is 0 Å². The maximum atomic E-state index is 11.5. The van der Waals surface area contributed by atoms with Crippen LogP contribution in [0.4, 0.5) is 27.9 Å². The topological polar surface area (TPSA) is 154 Å². The maximum absolute atomic E-state index is 11.5. The van der Waals surface area contributed by atoms with Crippen molar-refractivity contribution in [3.05, 3.63) is 60.8 Å². The van der Waals surface area contributed by atoms with Crippen molar-refractivity contribution in [2.75, 3.05) is 17.3 Å². The fourth-order valence-corrected chi connectivity index (χ4v) is 3.02. The van der Waals surface area contributed by atoms with E-state index < -0.39 is 16.1 Å². The Labute approximate surface area is 167 Å².